The first-order chi connectivity index (χ1) is 7.91. The van der Waals surface area contributed by atoms with Crippen LogP contribution < -0.4 is 5.73 Å². The predicted octanol–water partition coefficient (Wildman–Crippen LogP) is 2.82. The highest BCUT2D eigenvalue weighted by Gasteiger charge is 2.26. The van der Waals surface area contributed by atoms with Gasteiger partial charge < -0.3 is 10.8 Å². The molecule has 0 aliphatic rings. The summed E-state index contributed by atoms with van der Waals surface area (Å²) in [4.78, 5) is 0. The molecule has 0 fully saturated rings. The van der Waals surface area contributed by atoms with Crippen molar-refractivity contribution in [3.63, 3.8) is 0 Å². The van der Waals surface area contributed by atoms with E-state index in [0.29, 0.717) is 6.42 Å². The molecule has 1 rings (SSSR count). The van der Waals surface area contributed by atoms with Gasteiger partial charge in [-0.25, -0.2) is 0 Å². The predicted molar refractivity (Wildman–Crippen MR) is 73.5 cm³/mol. The Bertz CT molecular complexity index is 351. The summed E-state index contributed by atoms with van der Waals surface area (Å²) < 4.78 is 0. The van der Waals surface area contributed by atoms with E-state index in [4.69, 9.17) is 5.73 Å². The van der Waals surface area contributed by atoms with Gasteiger partial charge in [-0.15, -0.1) is 0 Å². The average molecular weight is 233 g/mol. The van der Waals surface area contributed by atoms with E-state index in [1.807, 2.05) is 63.3 Å². The van der Waals surface area contributed by atoms with E-state index in [1.54, 1.807) is 0 Å². The third-order valence-corrected chi connectivity index (χ3v) is 2.81. The SMILES string of the molecule is CC(C)(C)C(O)C(N)C/C=C/c1ccccc1. The van der Waals surface area contributed by atoms with Gasteiger partial charge in [0.2, 0.25) is 0 Å². The fraction of sp³-hybridized carbons (Fsp3) is 0.467. The van der Waals surface area contributed by atoms with Crippen molar-refractivity contribution >= 4 is 6.08 Å². The van der Waals surface area contributed by atoms with Crippen LogP contribution in [0.1, 0.15) is 32.8 Å². The summed E-state index contributed by atoms with van der Waals surface area (Å²) in [6.07, 6.45) is 4.26. The molecule has 0 aromatic heterocycles. The van der Waals surface area contributed by atoms with Gasteiger partial charge in [0.05, 0.1) is 6.10 Å². The summed E-state index contributed by atoms with van der Waals surface area (Å²) in [6, 6.07) is 9.87. The van der Waals surface area contributed by atoms with Crippen LogP contribution in [0.25, 0.3) is 6.08 Å². The Kier molecular flexibility index (Phi) is 4.91. The van der Waals surface area contributed by atoms with Crippen LogP contribution in [0.4, 0.5) is 0 Å². The van der Waals surface area contributed by atoms with E-state index in [9.17, 15) is 5.11 Å². The van der Waals surface area contributed by atoms with Crippen molar-refractivity contribution in [1.82, 2.24) is 0 Å². The first-order valence-electron chi connectivity index (χ1n) is 6.06. The molecule has 1 aromatic carbocycles. The van der Waals surface area contributed by atoms with Crippen molar-refractivity contribution in [2.24, 2.45) is 11.1 Å². The van der Waals surface area contributed by atoms with E-state index in [1.165, 1.54) is 0 Å². The second kappa shape index (κ2) is 5.99. The highest BCUT2D eigenvalue weighted by molar-refractivity contribution is 5.48. The number of aliphatic hydroxyl groups is 1. The molecule has 0 spiro atoms. The number of benzene rings is 1. The molecular weight excluding hydrogens is 210 g/mol. The molecule has 0 bridgehead atoms. The summed E-state index contributed by atoms with van der Waals surface area (Å²) >= 11 is 0. The fourth-order valence-corrected chi connectivity index (χ4v) is 1.70. The Balaban J connectivity index is 2.49. The van der Waals surface area contributed by atoms with Crippen LogP contribution in [0, 0.1) is 5.41 Å². The lowest BCUT2D eigenvalue weighted by atomic mass is 9.84. The highest BCUT2D eigenvalue weighted by Crippen LogP contribution is 2.22. The monoisotopic (exact) mass is 233 g/mol. The lowest BCUT2D eigenvalue weighted by Gasteiger charge is -2.30. The fourth-order valence-electron chi connectivity index (χ4n) is 1.70. The van der Waals surface area contributed by atoms with Gasteiger partial charge in [-0.05, 0) is 17.4 Å². The maximum absolute atomic E-state index is 9.99. The molecule has 2 unspecified atom stereocenters. The maximum atomic E-state index is 9.99. The van der Waals surface area contributed by atoms with Crippen LogP contribution in [0.2, 0.25) is 0 Å². The minimum absolute atomic E-state index is 0.167. The molecule has 0 radical (unpaired) electrons. The van der Waals surface area contributed by atoms with Crippen LogP contribution >= 0.6 is 0 Å². The second-order valence-corrected chi connectivity index (χ2v) is 5.52. The van der Waals surface area contributed by atoms with Gasteiger partial charge in [0.25, 0.3) is 0 Å². The highest BCUT2D eigenvalue weighted by atomic mass is 16.3. The van der Waals surface area contributed by atoms with Crippen molar-refractivity contribution in [2.75, 3.05) is 0 Å². The zero-order valence-electron chi connectivity index (χ0n) is 10.9. The Labute approximate surface area is 104 Å². The van der Waals surface area contributed by atoms with Crippen LogP contribution in [0.15, 0.2) is 36.4 Å². The van der Waals surface area contributed by atoms with Gasteiger partial charge in [0.15, 0.2) is 0 Å². The van der Waals surface area contributed by atoms with Crippen molar-refractivity contribution in [1.29, 1.82) is 0 Å². The molecule has 0 saturated heterocycles. The third kappa shape index (κ3) is 4.72. The molecule has 2 heteroatoms. The van der Waals surface area contributed by atoms with Gasteiger partial charge >= 0.3 is 0 Å². The second-order valence-electron chi connectivity index (χ2n) is 5.52. The van der Waals surface area contributed by atoms with Crippen molar-refractivity contribution in [3.05, 3.63) is 42.0 Å². The Morgan fingerprint density at radius 2 is 1.82 bits per heavy atom. The van der Waals surface area contributed by atoms with E-state index in [0.717, 1.165) is 5.56 Å². The van der Waals surface area contributed by atoms with Crippen molar-refractivity contribution in [2.45, 2.75) is 39.3 Å². The molecule has 17 heavy (non-hydrogen) atoms. The molecule has 94 valence electrons. The summed E-state index contributed by atoms with van der Waals surface area (Å²) in [5.41, 5.74) is 6.96. The smallest absolute Gasteiger partial charge is 0.0742 e. The number of nitrogens with two attached hydrogens (primary N) is 1. The number of aliphatic hydroxyl groups excluding tert-OH is 1. The van der Waals surface area contributed by atoms with Gasteiger partial charge in [-0.2, -0.15) is 0 Å². The molecule has 1 aromatic rings. The summed E-state index contributed by atoms with van der Waals surface area (Å²) in [6.45, 7) is 6.00. The molecule has 0 saturated carbocycles. The minimum Gasteiger partial charge on any atom is -0.391 e. The van der Waals surface area contributed by atoms with Crippen LogP contribution in [0.5, 0.6) is 0 Å². The van der Waals surface area contributed by atoms with Gasteiger partial charge in [0, 0.05) is 6.04 Å². The van der Waals surface area contributed by atoms with Gasteiger partial charge in [0.1, 0.15) is 0 Å². The Hall–Kier alpha value is -1.12. The van der Waals surface area contributed by atoms with Crippen LogP contribution in [0.3, 0.4) is 0 Å². The molecule has 0 amide bonds. The molecular formula is C15H23NO. The molecule has 0 aliphatic heterocycles. The molecule has 0 heterocycles. The zero-order chi connectivity index (χ0) is 12.9. The first kappa shape index (κ1) is 13.9. The maximum Gasteiger partial charge on any atom is 0.0742 e. The van der Waals surface area contributed by atoms with E-state index in [-0.39, 0.29) is 11.5 Å². The van der Waals surface area contributed by atoms with Crippen molar-refractivity contribution < 1.29 is 5.11 Å². The number of hydrogen-bond donors (Lipinski definition) is 2. The van der Waals surface area contributed by atoms with Crippen molar-refractivity contribution in [3.8, 4) is 0 Å². The molecule has 2 nitrogen and oxygen atoms in total. The summed E-state index contributed by atoms with van der Waals surface area (Å²) in [5, 5.41) is 9.99. The minimum atomic E-state index is -0.483. The average Bonchev–Trinajstić information content (AvgIpc) is 2.28. The van der Waals surface area contributed by atoms with Gasteiger partial charge in [-0.3, -0.25) is 0 Å². The molecule has 0 aliphatic carbocycles. The largest absolute Gasteiger partial charge is 0.391 e. The first-order valence-corrected chi connectivity index (χ1v) is 6.06. The van der Waals surface area contributed by atoms with E-state index < -0.39 is 6.10 Å². The number of hydrogen-bond acceptors (Lipinski definition) is 2. The summed E-state index contributed by atoms with van der Waals surface area (Å²) in [7, 11) is 0. The van der Waals surface area contributed by atoms with E-state index in [2.05, 4.69) is 0 Å². The van der Waals surface area contributed by atoms with Crippen LogP contribution in [-0.4, -0.2) is 17.3 Å². The topological polar surface area (TPSA) is 46.2 Å². The molecule has 2 atom stereocenters. The zero-order valence-corrected chi connectivity index (χ0v) is 10.9. The van der Waals surface area contributed by atoms with E-state index >= 15 is 0 Å². The van der Waals surface area contributed by atoms with Gasteiger partial charge in [-0.1, -0.05) is 63.3 Å². The Morgan fingerprint density at radius 1 is 1.24 bits per heavy atom. The molecule has 3 N–H and O–H groups in total. The number of rotatable bonds is 4. The van der Waals surface area contributed by atoms with Crippen LogP contribution in [-0.2, 0) is 0 Å². The lowest BCUT2D eigenvalue weighted by molar-refractivity contribution is 0.0413. The quantitative estimate of drug-likeness (QED) is 0.840. The lowest BCUT2D eigenvalue weighted by Crippen LogP contribution is -2.42. The normalized spacial score (nSPS) is 16.1. The standard InChI is InChI=1S/C15H23NO/c1-15(2,3)14(17)13(16)11-7-10-12-8-5-4-6-9-12/h4-10,13-14,17H,11,16H2,1-3H3/b10-7+. The summed E-state index contributed by atoms with van der Waals surface area (Å²) in [5.74, 6) is 0. The Morgan fingerprint density at radius 3 is 2.35 bits per heavy atom. The third-order valence-electron chi connectivity index (χ3n) is 2.81.